The number of nitrogens with zero attached hydrogens (tertiary/aromatic N) is 9. The molecule has 168 valence electrons. The highest BCUT2D eigenvalue weighted by Crippen LogP contribution is 2.36. The lowest BCUT2D eigenvalue weighted by Gasteiger charge is -2.49. The fourth-order valence-electron chi connectivity index (χ4n) is 4.22. The number of alkyl halides is 3. The molecule has 0 N–H and O–H groups in total. The van der Waals surface area contributed by atoms with E-state index in [9.17, 15) is 18.4 Å². The summed E-state index contributed by atoms with van der Waals surface area (Å²) in [4.78, 5) is 14.9. The van der Waals surface area contributed by atoms with E-state index in [2.05, 4.69) is 26.2 Å². The van der Waals surface area contributed by atoms with Gasteiger partial charge < -0.3 is 0 Å². The molecule has 4 aromatic heterocycles. The maximum atomic E-state index is 12.8. The van der Waals surface area contributed by atoms with Crippen LogP contribution >= 0.6 is 0 Å². The lowest BCUT2D eigenvalue weighted by atomic mass is 9.87. The van der Waals surface area contributed by atoms with Crippen LogP contribution in [-0.4, -0.2) is 65.2 Å². The molecule has 0 saturated carbocycles. The molecule has 1 aliphatic heterocycles. The van der Waals surface area contributed by atoms with Gasteiger partial charge in [0.15, 0.2) is 0 Å². The Morgan fingerprint density at radius 1 is 1.09 bits per heavy atom. The molecule has 0 atom stereocenters. The fourth-order valence-corrected chi connectivity index (χ4v) is 4.22. The molecule has 12 heteroatoms. The van der Waals surface area contributed by atoms with Gasteiger partial charge in [-0.3, -0.25) is 24.2 Å². The summed E-state index contributed by atoms with van der Waals surface area (Å²) in [7, 11) is 1.81. The summed E-state index contributed by atoms with van der Waals surface area (Å²) in [5.41, 5.74) is 3.04. The minimum atomic E-state index is -4.29. The Balaban J connectivity index is 1.53. The molecule has 9 nitrogen and oxygen atoms in total. The van der Waals surface area contributed by atoms with Gasteiger partial charge in [-0.1, -0.05) is 0 Å². The van der Waals surface area contributed by atoms with Gasteiger partial charge in [0.25, 0.3) is 0 Å². The summed E-state index contributed by atoms with van der Waals surface area (Å²) < 4.78 is 41.5. The Hall–Kier alpha value is -3.85. The van der Waals surface area contributed by atoms with Gasteiger partial charge in [0, 0.05) is 56.1 Å². The van der Waals surface area contributed by atoms with Crippen LogP contribution in [0.15, 0.2) is 43.2 Å². The third kappa shape index (κ3) is 3.91. The molecule has 5 rings (SSSR count). The lowest BCUT2D eigenvalue weighted by molar-refractivity contribution is -0.167. The maximum Gasteiger partial charge on any atom is 0.401 e. The number of nitriles is 1. The number of aromatic nitrogens is 7. The molecular weight excluding hydrogens is 435 g/mol. The lowest BCUT2D eigenvalue weighted by Crippen LogP contribution is -2.64. The first-order valence-corrected chi connectivity index (χ1v) is 10.1. The van der Waals surface area contributed by atoms with Crippen molar-refractivity contribution < 1.29 is 13.2 Å². The first kappa shape index (κ1) is 21.0. The summed E-state index contributed by atoms with van der Waals surface area (Å²) in [6.07, 6.45) is 5.76. The molecule has 1 aliphatic rings. The van der Waals surface area contributed by atoms with Crippen molar-refractivity contribution in [2.45, 2.75) is 18.1 Å². The third-order valence-corrected chi connectivity index (χ3v) is 5.65. The number of hydrogen-bond acceptors (Lipinski definition) is 7. The summed E-state index contributed by atoms with van der Waals surface area (Å²) in [5.74, 6) is 0. The SMILES string of the molecule is Cn1cc(-c2cc3nccnc3c(-c3cnn(C4(CC#N)CN(CC(F)(F)F)C4)c3)n2)cn1. The number of hydrogen-bond donors (Lipinski definition) is 0. The number of likely N-dealkylation sites (tertiary alicyclic amines) is 1. The molecular formula is C21H18F3N9. The highest BCUT2D eigenvalue weighted by atomic mass is 19.4. The predicted octanol–water partition coefficient (Wildman–Crippen LogP) is 2.78. The van der Waals surface area contributed by atoms with E-state index in [0.29, 0.717) is 28.0 Å². The van der Waals surface area contributed by atoms with Crippen molar-refractivity contribution in [1.82, 2.24) is 39.4 Å². The van der Waals surface area contributed by atoms with Crippen LogP contribution in [0.2, 0.25) is 0 Å². The van der Waals surface area contributed by atoms with E-state index in [-0.39, 0.29) is 19.5 Å². The second-order valence-corrected chi connectivity index (χ2v) is 8.18. The molecule has 1 saturated heterocycles. The van der Waals surface area contributed by atoms with Crippen LogP contribution in [-0.2, 0) is 12.6 Å². The minimum Gasteiger partial charge on any atom is -0.290 e. The Bertz CT molecular complexity index is 1360. The van der Waals surface area contributed by atoms with E-state index in [0.717, 1.165) is 5.56 Å². The Morgan fingerprint density at radius 3 is 2.55 bits per heavy atom. The van der Waals surface area contributed by atoms with E-state index < -0.39 is 18.3 Å². The van der Waals surface area contributed by atoms with E-state index in [1.807, 2.05) is 19.3 Å². The number of halogens is 3. The molecule has 0 unspecified atom stereocenters. The molecule has 0 radical (unpaired) electrons. The highest BCUT2D eigenvalue weighted by Gasteiger charge is 2.48. The first-order chi connectivity index (χ1) is 15.8. The molecule has 1 fully saturated rings. The second-order valence-electron chi connectivity index (χ2n) is 8.18. The van der Waals surface area contributed by atoms with Gasteiger partial charge in [-0.05, 0) is 6.07 Å². The summed E-state index contributed by atoms with van der Waals surface area (Å²) in [6.45, 7) is -0.834. The van der Waals surface area contributed by atoms with Crippen LogP contribution in [0.5, 0.6) is 0 Å². The molecule has 0 aliphatic carbocycles. The largest absolute Gasteiger partial charge is 0.401 e. The topological polar surface area (TPSA) is 101 Å². The number of aryl methyl sites for hydroxylation is 1. The van der Waals surface area contributed by atoms with Gasteiger partial charge in [0.05, 0.1) is 42.6 Å². The summed E-state index contributed by atoms with van der Waals surface area (Å²) in [6, 6.07) is 3.91. The van der Waals surface area contributed by atoms with Crippen LogP contribution in [0.1, 0.15) is 6.42 Å². The van der Waals surface area contributed by atoms with E-state index >= 15 is 0 Å². The van der Waals surface area contributed by atoms with Crippen LogP contribution in [0.25, 0.3) is 33.5 Å². The summed E-state index contributed by atoms with van der Waals surface area (Å²) >= 11 is 0. The zero-order chi connectivity index (χ0) is 23.2. The molecule has 0 bridgehead atoms. The number of rotatable bonds is 5. The standard InChI is InChI=1S/C21H18F3N9/c1-31-9-14(7-28-31)16-6-17-19(27-5-4-26-17)18(30-16)15-8-29-33(10-15)20(2-3-25)11-32(12-20)13-21(22,23)24/h4-10H,2,11-13H2,1H3. The van der Waals surface area contributed by atoms with E-state index in [1.54, 1.807) is 40.3 Å². The molecule has 5 heterocycles. The number of fused-ring (bicyclic) bond motifs is 1. The van der Waals surface area contributed by atoms with E-state index in [4.69, 9.17) is 4.98 Å². The van der Waals surface area contributed by atoms with Crippen LogP contribution in [0.3, 0.4) is 0 Å². The average Bonchev–Trinajstić information content (AvgIpc) is 3.40. The van der Waals surface area contributed by atoms with Crippen LogP contribution < -0.4 is 0 Å². The van der Waals surface area contributed by atoms with Crippen molar-refractivity contribution in [3.63, 3.8) is 0 Å². The van der Waals surface area contributed by atoms with Crippen molar-refractivity contribution in [1.29, 1.82) is 5.26 Å². The zero-order valence-electron chi connectivity index (χ0n) is 17.5. The third-order valence-electron chi connectivity index (χ3n) is 5.65. The van der Waals surface area contributed by atoms with Gasteiger partial charge in [-0.25, -0.2) is 4.98 Å². The van der Waals surface area contributed by atoms with Gasteiger partial charge >= 0.3 is 6.18 Å². The minimum absolute atomic E-state index is 0.0478. The number of pyridine rings is 1. The quantitative estimate of drug-likeness (QED) is 0.458. The van der Waals surface area contributed by atoms with Crippen molar-refractivity contribution >= 4 is 11.0 Å². The highest BCUT2D eigenvalue weighted by molar-refractivity contribution is 5.91. The predicted molar refractivity (Wildman–Crippen MR) is 111 cm³/mol. The smallest absolute Gasteiger partial charge is 0.290 e. The molecule has 0 spiro atoms. The summed E-state index contributed by atoms with van der Waals surface area (Å²) in [5, 5.41) is 17.9. The van der Waals surface area contributed by atoms with Crippen molar-refractivity contribution in [2.24, 2.45) is 7.05 Å². The first-order valence-electron chi connectivity index (χ1n) is 10.1. The zero-order valence-corrected chi connectivity index (χ0v) is 17.5. The Labute approximate surface area is 186 Å². The van der Waals surface area contributed by atoms with Gasteiger partial charge in [0.2, 0.25) is 0 Å². The van der Waals surface area contributed by atoms with Crippen LogP contribution in [0.4, 0.5) is 13.2 Å². The van der Waals surface area contributed by atoms with E-state index in [1.165, 1.54) is 4.90 Å². The van der Waals surface area contributed by atoms with Gasteiger partial charge in [-0.2, -0.15) is 28.6 Å². The maximum absolute atomic E-state index is 12.8. The monoisotopic (exact) mass is 453 g/mol. The van der Waals surface area contributed by atoms with Crippen molar-refractivity contribution in [2.75, 3.05) is 19.6 Å². The molecule has 33 heavy (non-hydrogen) atoms. The van der Waals surface area contributed by atoms with Crippen LogP contribution in [0, 0.1) is 11.3 Å². The Morgan fingerprint density at radius 2 is 1.85 bits per heavy atom. The fraction of sp³-hybridized carbons (Fsp3) is 0.333. The van der Waals surface area contributed by atoms with Crippen molar-refractivity contribution in [3.8, 4) is 28.6 Å². The van der Waals surface area contributed by atoms with Crippen molar-refractivity contribution in [3.05, 3.63) is 43.2 Å². The van der Waals surface area contributed by atoms with Gasteiger partial charge in [-0.15, -0.1) is 0 Å². The molecule has 0 amide bonds. The second kappa shape index (κ2) is 7.63. The van der Waals surface area contributed by atoms with Gasteiger partial charge in [0.1, 0.15) is 16.7 Å². The normalized spacial score (nSPS) is 16.0. The average molecular weight is 453 g/mol. The molecule has 4 aromatic rings. The Kier molecular flexibility index (Phi) is 4.86. The molecule has 0 aromatic carbocycles.